The van der Waals surface area contributed by atoms with E-state index in [0.29, 0.717) is 19.6 Å². The molecule has 1 atom stereocenters. The molecule has 0 aliphatic heterocycles. The molecule has 0 saturated heterocycles. The fourth-order valence-corrected chi connectivity index (χ4v) is 3.10. The number of hydrogen-bond acceptors (Lipinski definition) is 4. The molecule has 152 valence electrons. The minimum atomic E-state index is -0.626. The minimum absolute atomic E-state index is 0.115. The Hall–Kier alpha value is -3.12. The van der Waals surface area contributed by atoms with Gasteiger partial charge in [-0.2, -0.15) is 0 Å². The van der Waals surface area contributed by atoms with Crippen LogP contribution < -0.4 is 10.5 Å². The van der Waals surface area contributed by atoms with Gasteiger partial charge in [0.2, 0.25) is 5.91 Å². The van der Waals surface area contributed by atoms with Crippen LogP contribution in [0.15, 0.2) is 67.1 Å². The highest BCUT2D eigenvalue weighted by molar-refractivity contribution is 5.81. The van der Waals surface area contributed by atoms with Gasteiger partial charge in [-0.05, 0) is 30.2 Å². The average Bonchev–Trinajstić information content (AvgIpc) is 3.14. The summed E-state index contributed by atoms with van der Waals surface area (Å²) in [4.78, 5) is 18.6. The summed E-state index contributed by atoms with van der Waals surface area (Å²) >= 11 is 0. The number of nitrogens with two attached hydrogens (primary N) is 1. The van der Waals surface area contributed by atoms with Crippen molar-refractivity contribution in [2.45, 2.75) is 25.9 Å². The average molecular weight is 393 g/mol. The van der Waals surface area contributed by atoms with Crippen LogP contribution in [0, 0.1) is 6.92 Å². The van der Waals surface area contributed by atoms with Gasteiger partial charge in [0.15, 0.2) is 0 Å². The van der Waals surface area contributed by atoms with Crippen molar-refractivity contribution in [2.75, 3.05) is 20.2 Å². The van der Waals surface area contributed by atoms with Crippen molar-refractivity contribution in [3.05, 3.63) is 83.9 Å². The number of hydrogen-bond donors (Lipinski definition) is 1. The first-order valence-corrected chi connectivity index (χ1v) is 9.76. The van der Waals surface area contributed by atoms with E-state index in [1.54, 1.807) is 18.3 Å². The maximum absolute atomic E-state index is 12.6. The highest BCUT2D eigenvalue weighted by Gasteiger charge is 2.19. The van der Waals surface area contributed by atoms with Crippen molar-refractivity contribution in [2.24, 2.45) is 5.73 Å². The smallest absolute Gasteiger partial charge is 0.239 e. The summed E-state index contributed by atoms with van der Waals surface area (Å²) in [5.41, 5.74) is 9.28. The molecular weight excluding hydrogens is 364 g/mol. The lowest BCUT2D eigenvalue weighted by Crippen LogP contribution is -2.44. The van der Waals surface area contributed by atoms with Crippen LogP contribution in [0.3, 0.4) is 0 Å². The molecule has 1 amide bonds. The number of rotatable bonds is 9. The van der Waals surface area contributed by atoms with Crippen molar-refractivity contribution in [1.29, 1.82) is 0 Å². The molecule has 0 radical (unpaired) electrons. The second-order valence-electron chi connectivity index (χ2n) is 7.26. The number of carbonyl (C=O) groups excluding carboxylic acids is 1. The van der Waals surface area contributed by atoms with Crippen molar-refractivity contribution in [3.63, 3.8) is 0 Å². The van der Waals surface area contributed by atoms with Crippen LogP contribution in [0.25, 0.3) is 0 Å². The molecule has 0 saturated carbocycles. The van der Waals surface area contributed by atoms with Gasteiger partial charge >= 0.3 is 0 Å². The van der Waals surface area contributed by atoms with Crippen LogP contribution in [0.4, 0.5) is 0 Å². The monoisotopic (exact) mass is 392 g/mol. The van der Waals surface area contributed by atoms with Crippen LogP contribution in [0.5, 0.6) is 5.75 Å². The zero-order chi connectivity index (χ0) is 20.6. The third-order valence-electron chi connectivity index (χ3n) is 4.70. The molecule has 2 aromatic carbocycles. The lowest BCUT2D eigenvalue weighted by atomic mass is 10.1. The first-order chi connectivity index (χ1) is 14.0. The molecule has 29 heavy (non-hydrogen) atoms. The number of aryl methyl sites for hydroxylation is 1. The van der Waals surface area contributed by atoms with Gasteiger partial charge in [-0.3, -0.25) is 4.79 Å². The van der Waals surface area contributed by atoms with Crippen molar-refractivity contribution >= 4 is 5.91 Å². The van der Waals surface area contributed by atoms with Gasteiger partial charge in [0.25, 0.3) is 0 Å². The van der Waals surface area contributed by atoms with E-state index in [1.807, 2.05) is 60.2 Å². The summed E-state index contributed by atoms with van der Waals surface area (Å²) in [7, 11) is 1.75. The molecule has 6 heteroatoms. The summed E-state index contributed by atoms with van der Waals surface area (Å²) in [6, 6.07) is 17.4. The van der Waals surface area contributed by atoms with Crippen LogP contribution in [-0.2, 0) is 17.8 Å². The van der Waals surface area contributed by atoms with Crippen molar-refractivity contribution < 1.29 is 9.53 Å². The summed E-state index contributed by atoms with van der Waals surface area (Å²) in [5, 5.41) is 0. The number of benzene rings is 2. The van der Waals surface area contributed by atoms with Gasteiger partial charge in [0, 0.05) is 26.2 Å². The number of likely N-dealkylation sites (N-methyl/N-ethyl adjacent to an activating group) is 1. The predicted octanol–water partition coefficient (Wildman–Crippen LogP) is 2.65. The Labute approximate surface area is 171 Å². The van der Waals surface area contributed by atoms with E-state index in [-0.39, 0.29) is 5.91 Å². The SMILES string of the molecule is Cc1cccc(OCCN(C)C(=O)[C@@H](N)Cc2cn(Cc3ccccc3)cn2)c1. The number of imidazole rings is 1. The Morgan fingerprint density at radius 3 is 2.76 bits per heavy atom. The minimum Gasteiger partial charge on any atom is -0.492 e. The van der Waals surface area contributed by atoms with E-state index in [0.717, 1.165) is 23.6 Å². The summed E-state index contributed by atoms with van der Waals surface area (Å²) in [5.74, 6) is 0.689. The van der Waals surface area contributed by atoms with Gasteiger partial charge in [-0.15, -0.1) is 0 Å². The maximum Gasteiger partial charge on any atom is 0.239 e. The Bertz CT molecular complexity index is 923. The molecule has 1 aromatic heterocycles. The molecule has 0 unspecified atom stereocenters. The molecule has 0 spiro atoms. The molecule has 1 heterocycles. The predicted molar refractivity (Wildman–Crippen MR) is 114 cm³/mol. The third-order valence-corrected chi connectivity index (χ3v) is 4.70. The van der Waals surface area contributed by atoms with E-state index in [4.69, 9.17) is 10.5 Å². The van der Waals surface area contributed by atoms with Gasteiger partial charge in [0.1, 0.15) is 12.4 Å². The number of carbonyl (C=O) groups is 1. The fraction of sp³-hybridized carbons (Fsp3) is 0.304. The molecule has 0 fully saturated rings. The Kier molecular flexibility index (Phi) is 7.03. The van der Waals surface area contributed by atoms with Crippen molar-refractivity contribution in [3.8, 4) is 5.75 Å². The lowest BCUT2D eigenvalue weighted by Gasteiger charge is -2.21. The number of amides is 1. The zero-order valence-corrected chi connectivity index (χ0v) is 17.0. The quantitative estimate of drug-likeness (QED) is 0.608. The molecule has 3 rings (SSSR count). The molecule has 0 aliphatic rings. The number of aromatic nitrogens is 2. The van der Waals surface area contributed by atoms with Crippen molar-refractivity contribution in [1.82, 2.24) is 14.5 Å². The second kappa shape index (κ2) is 9.89. The van der Waals surface area contributed by atoms with E-state index in [1.165, 1.54) is 5.56 Å². The summed E-state index contributed by atoms with van der Waals surface area (Å²) < 4.78 is 7.72. The molecule has 2 N–H and O–H groups in total. The van der Waals surface area contributed by atoms with E-state index >= 15 is 0 Å². The molecular formula is C23H28N4O2. The number of ether oxygens (including phenoxy) is 1. The van der Waals surface area contributed by atoms with Crippen LogP contribution in [-0.4, -0.2) is 46.6 Å². The molecule has 3 aromatic rings. The van der Waals surface area contributed by atoms with Gasteiger partial charge in [0.05, 0.1) is 24.6 Å². The maximum atomic E-state index is 12.6. The summed E-state index contributed by atoms with van der Waals surface area (Å²) in [6.07, 6.45) is 4.13. The summed E-state index contributed by atoms with van der Waals surface area (Å²) in [6.45, 7) is 3.66. The zero-order valence-electron chi connectivity index (χ0n) is 17.0. The molecule has 0 bridgehead atoms. The number of nitrogens with zero attached hydrogens (tertiary/aromatic N) is 3. The largest absolute Gasteiger partial charge is 0.492 e. The topological polar surface area (TPSA) is 73.4 Å². The molecule has 0 aliphatic carbocycles. The normalized spacial score (nSPS) is 11.8. The van der Waals surface area contributed by atoms with Gasteiger partial charge in [-0.1, -0.05) is 42.5 Å². The van der Waals surface area contributed by atoms with Gasteiger partial charge < -0.3 is 19.9 Å². The second-order valence-corrected chi connectivity index (χ2v) is 7.26. The lowest BCUT2D eigenvalue weighted by molar-refractivity contribution is -0.131. The van der Waals surface area contributed by atoms with Crippen LogP contribution in [0.2, 0.25) is 0 Å². The van der Waals surface area contributed by atoms with E-state index in [2.05, 4.69) is 17.1 Å². The fourth-order valence-electron chi connectivity index (χ4n) is 3.10. The first-order valence-electron chi connectivity index (χ1n) is 9.76. The highest BCUT2D eigenvalue weighted by atomic mass is 16.5. The highest BCUT2D eigenvalue weighted by Crippen LogP contribution is 2.12. The Morgan fingerprint density at radius 1 is 1.21 bits per heavy atom. The van der Waals surface area contributed by atoms with Crippen LogP contribution >= 0.6 is 0 Å². The van der Waals surface area contributed by atoms with E-state index in [9.17, 15) is 4.79 Å². The Morgan fingerprint density at radius 2 is 2.00 bits per heavy atom. The molecule has 6 nitrogen and oxygen atoms in total. The van der Waals surface area contributed by atoms with Gasteiger partial charge in [-0.25, -0.2) is 4.98 Å². The third kappa shape index (κ3) is 6.19. The van der Waals surface area contributed by atoms with E-state index < -0.39 is 6.04 Å². The first kappa shape index (κ1) is 20.6. The standard InChI is InChI=1S/C23H28N4O2/c1-18-7-6-10-21(13-18)29-12-11-26(2)23(28)22(24)14-20-16-27(17-25-20)15-19-8-4-3-5-9-19/h3-10,13,16-17,22H,11-12,14-15,24H2,1-2H3/t22-/m0/s1. The van der Waals surface area contributed by atoms with Crippen LogP contribution in [0.1, 0.15) is 16.8 Å². The Balaban J connectivity index is 1.45.